The molecule has 2 N–H and O–H groups in total. The average Bonchev–Trinajstić information content (AvgIpc) is 3.14. The molecule has 0 bridgehead atoms. The van der Waals surface area contributed by atoms with Crippen LogP contribution in [0.3, 0.4) is 0 Å². The van der Waals surface area contributed by atoms with Crippen molar-refractivity contribution in [2.45, 2.75) is 12.5 Å². The highest BCUT2D eigenvalue weighted by molar-refractivity contribution is 6.33. The minimum atomic E-state index is -0.313. The molecule has 0 radical (unpaired) electrons. The molecule has 1 fully saturated rings. The van der Waals surface area contributed by atoms with Crippen molar-refractivity contribution >= 4 is 34.8 Å². The fraction of sp³-hybridized carbons (Fsp3) is 0.227. The maximum Gasteiger partial charge on any atom is 0.284 e. The van der Waals surface area contributed by atoms with Crippen molar-refractivity contribution in [1.29, 1.82) is 0 Å². The molecule has 168 valence electrons. The lowest BCUT2D eigenvalue weighted by atomic mass is 10.0. The molecule has 4 aromatic rings. The minimum absolute atomic E-state index is 0.0620. The quantitative estimate of drug-likeness (QED) is 0.492. The number of carbonyl (C=O) groups is 1. The van der Waals surface area contributed by atoms with Gasteiger partial charge in [0.2, 0.25) is 5.95 Å². The number of aromatic nitrogens is 5. The summed E-state index contributed by atoms with van der Waals surface area (Å²) in [5.74, 6) is 0.748. The van der Waals surface area contributed by atoms with Gasteiger partial charge in [-0.2, -0.15) is 10.1 Å². The molecule has 0 saturated carbocycles. The van der Waals surface area contributed by atoms with Crippen LogP contribution < -0.4 is 16.2 Å². The number of fused-ring (bicyclic) bond motifs is 1. The molecule has 1 aliphatic heterocycles. The van der Waals surface area contributed by atoms with Gasteiger partial charge >= 0.3 is 0 Å². The molecule has 4 heterocycles. The summed E-state index contributed by atoms with van der Waals surface area (Å²) < 4.78 is 3.06. The monoisotopic (exact) mass is 464 g/mol. The first kappa shape index (κ1) is 21.0. The summed E-state index contributed by atoms with van der Waals surface area (Å²) in [4.78, 5) is 38.1. The highest BCUT2D eigenvalue weighted by Gasteiger charge is 2.38. The number of nitrogen functional groups attached to an aromatic ring is 1. The second kappa shape index (κ2) is 7.89. The normalized spacial score (nSPS) is 15.5. The molecule has 10 nitrogen and oxygen atoms in total. The van der Waals surface area contributed by atoms with Crippen LogP contribution in [0.4, 0.5) is 11.8 Å². The van der Waals surface area contributed by atoms with E-state index in [4.69, 9.17) is 22.4 Å². The number of carbonyl (C=O) groups excluding carboxylic acids is 1. The van der Waals surface area contributed by atoms with Gasteiger partial charge in [-0.15, -0.1) is 0 Å². The number of amides is 1. The molecule has 5 rings (SSSR count). The molecule has 3 aromatic heterocycles. The van der Waals surface area contributed by atoms with E-state index in [0.29, 0.717) is 46.4 Å². The van der Waals surface area contributed by atoms with E-state index in [1.165, 1.54) is 15.6 Å². The Morgan fingerprint density at radius 3 is 2.64 bits per heavy atom. The summed E-state index contributed by atoms with van der Waals surface area (Å²) in [5.41, 5.74) is 6.88. The van der Waals surface area contributed by atoms with Crippen LogP contribution in [0, 0.1) is 0 Å². The molecule has 1 saturated heterocycles. The third-order valence-electron chi connectivity index (χ3n) is 5.69. The largest absolute Gasteiger partial charge is 0.368 e. The smallest absolute Gasteiger partial charge is 0.284 e. The number of para-hydroxylation sites is 1. The highest BCUT2D eigenvalue weighted by atomic mass is 35.5. The standard InChI is InChI=1S/C22H21ClN8O2/c1-28(2)20(32)14-12-25-22(24)26-18(14)29-10-9-16(29)19-27-30-11-8-15(23)17(30)21(33)31(19)13-6-4-3-5-7-13/h3-8,11-12,16H,9-10H2,1-2H3,(H2,24,25,26)/t16-/m0/s1. The molecule has 1 aromatic carbocycles. The highest BCUT2D eigenvalue weighted by Crippen LogP contribution is 2.38. The van der Waals surface area contributed by atoms with Crippen LogP contribution in [0.2, 0.25) is 5.02 Å². The Balaban J connectivity index is 1.70. The van der Waals surface area contributed by atoms with Crippen molar-refractivity contribution in [1.82, 2.24) is 29.0 Å². The Morgan fingerprint density at radius 2 is 1.97 bits per heavy atom. The Labute approximate surface area is 193 Å². The van der Waals surface area contributed by atoms with Crippen molar-refractivity contribution in [2.75, 3.05) is 31.3 Å². The summed E-state index contributed by atoms with van der Waals surface area (Å²) in [6, 6.07) is 10.6. The van der Waals surface area contributed by atoms with E-state index in [9.17, 15) is 9.59 Å². The van der Waals surface area contributed by atoms with Crippen LogP contribution in [-0.2, 0) is 0 Å². The second-order valence-electron chi connectivity index (χ2n) is 7.95. The maximum atomic E-state index is 13.5. The van der Waals surface area contributed by atoms with E-state index >= 15 is 0 Å². The number of hydrogen-bond donors (Lipinski definition) is 1. The minimum Gasteiger partial charge on any atom is -0.368 e. The van der Waals surface area contributed by atoms with Crippen LogP contribution in [-0.4, -0.2) is 55.6 Å². The molecule has 33 heavy (non-hydrogen) atoms. The van der Waals surface area contributed by atoms with Gasteiger partial charge < -0.3 is 15.5 Å². The summed E-state index contributed by atoms with van der Waals surface area (Å²) >= 11 is 6.29. The first-order valence-electron chi connectivity index (χ1n) is 10.3. The molecule has 1 aliphatic rings. The van der Waals surface area contributed by atoms with E-state index in [1.54, 1.807) is 30.9 Å². The number of halogens is 1. The predicted octanol–water partition coefficient (Wildman–Crippen LogP) is 2.16. The van der Waals surface area contributed by atoms with Gasteiger partial charge in [-0.05, 0) is 24.6 Å². The van der Waals surface area contributed by atoms with Crippen LogP contribution in [0.5, 0.6) is 0 Å². The van der Waals surface area contributed by atoms with E-state index < -0.39 is 0 Å². The predicted molar refractivity (Wildman–Crippen MR) is 125 cm³/mol. The number of nitrogens with two attached hydrogens (primary N) is 1. The Hall–Kier alpha value is -3.92. The van der Waals surface area contributed by atoms with Crippen LogP contribution >= 0.6 is 11.6 Å². The zero-order valence-corrected chi connectivity index (χ0v) is 18.8. The third-order valence-corrected chi connectivity index (χ3v) is 6.00. The van der Waals surface area contributed by atoms with E-state index in [1.807, 2.05) is 35.2 Å². The molecule has 0 unspecified atom stereocenters. The number of anilines is 2. The topological polar surface area (TPSA) is 115 Å². The van der Waals surface area contributed by atoms with Gasteiger partial charge in [0.1, 0.15) is 16.9 Å². The van der Waals surface area contributed by atoms with Crippen LogP contribution in [0.15, 0.2) is 53.6 Å². The summed E-state index contributed by atoms with van der Waals surface area (Å²) in [7, 11) is 3.32. The first-order valence-corrected chi connectivity index (χ1v) is 10.7. The lowest BCUT2D eigenvalue weighted by Gasteiger charge is -2.42. The number of hydrogen-bond acceptors (Lipinski definition) is 7. The maximum absolute atomic E-state index is 13.5. The van der Waals surface area contributed by atoms with Gasteiger partial charge in [0.05, 0.1) is 16.8 Å². The molecule has 0 aliphatic carbocycles. The zero-order valence-electron chi connectivity index (χ0n) is 18.0. The Kier molecular flexibility index (Phi) is 5.01. The van der Waals surface area contributed by atoms with Gasteiger partial charge in [0.15, 0.2) is 5.82 Å². The Bertz CT molecular complexity index is 1430. The lowest BCUT2D eigenvalue weighted by molar-refractivity contribution is 0.0827. The van der Waals surface area contributed by atoms with E-state index in [2.05, 4.69) is 9.97 Å². The lowest BCUT2D eigenvalue weighted by Crippen LogP contribution is -2.46. The molecule has 0 spiro atoms. The van der Waals surface area contributed by atoms with Crippen molar-refractivity contribution in [2.24, 2.45) is 0 Å². The SMILES string of the molecule is CN(C)C(=O)c1cnc(N)nc1N1CC[C@H]1c1nn2ccc(Cl)c2c(=O)n1-c1ccccc1. The Morgan fingerprint density at radius 1 is 1.21 bits per heavy atom. The van der Waals surface area contributed by atoms with E-state index in [0.717, 1.165) is 0 Å². The summed E-state index contributed by atoms with van der Waals surface area (Å²) in [6.45, 7) is 0.615. The van der Waals surface area contributed by atoms with Crippen molar-refractivity contribution in [3.8, 4) is 5.69 Å². The van der Waals surface area contributed by atoms with Crippen molar-refractivity contribution in [3.63, 3.8) is 0 Å². The van der Waals surface area contributed by atoms with Crippen LogP contribution in [0.25, 0.3) is 11.2 Å². The molecule has 1 atom stereocenters. The first-order chi connectivity index (χ1) is 15.9. The van der Waals surface area contributed by atoms with Gasteiger partial charge in [0.25, 0.3) is 11.5 Å². The van der Waals surface area contributed by atoms with Crippen molar-refractivity contribution < 1.29 is 4.79 Å². The van der Waals surface area contributed by atoms with Gasteiger partial charge in [-0.3, -0.25) is 14.2 Å². The van der Waals surface area contributed by atoms with Crippen LogP contribution in [0.1, 0.15) is 28.6 Å². The fourth-order valence-corrected chi connectivity index (χ4v) is 4.22. The molecular weight excluding hydrogens is 444 g/mol. The third kappa shape index (κ3) is 3.39. The fourth-order valence-electron chi connectivity index (χ4n) is 4.00. The zero-order chi connectivity index (χ0) is 23.3. The second-order valence-corrected chi connectivity index (χ2v) is 8.36. The van der Waals surface area contributed by atoms with Gasteiger partial charge in [-0.25, -0.2) is 9.50 Å². The van der Waals surface area contributed by atoms with Gasteiger partial charge in [-0.1, -0.05) is 29.8 Å². The number of benzene rings is 1. The van der Waals surface area contributed by atoms with Gasteiger partial charge in [0, 0.05) is 33.0 Å². The number of rotatable bonds is 4. The summed E-state index contributed by atoms with van der Waals surface area (Å²) in [5, 5.41) is 5.08. The number of nitrogens with zero attached hydrogens (tertiary/aromatic N) is 7. The molecule has 11 heteroatoms. The molecule has 1 amide bonds. The average molecular weight is 465 g/mol. The van der Waals surface area contributed by atoms with Crippen molar-refractivity contribution in [3.05, 3.63) is 75.6 Å². The summed E-state index contributed by atoms with van der Waals surface area (Å²) in [6.07, 6.45) is 3.80. The van der Waals surface area contributed by atoms with E-state index in [-0.39, 0.29) is 23.5 Å². The molecular formula is C22H21ClN8O2.